The highest BCUT2D eigenvalue weighted by Crippen LogP contribution is 2.24. The molecule has 4 N–H and O–H groups in total. The number of nitrogens with zero attached hydrogens (tertiary/aromatic N) is 2. The first-order chi connectivity index (χ1) is 15.6. The van der Waals surface area contributed by atoms with Crippen molar-refractivity contribution in [3.05, 3.63) is 102 Å². The Hall–Kier alpha value is -4.52. The summed E-state index contributed by atoms with van der Waals surface area (Å²) in [5.41, 5.74) is 10.3. The zero-order valence-corrected chi connectivity index (χ0v) is 17.0. The molecule has 0 aliphatic carbocycles. The van der Waals surface area contributed by atoms with Gasteiger partial charge in [0.2, 0.25) is 0 Å². The zero-order valence-electron chi connectivity index (χ0n) is 17.0. The van der Waals surface area contributed by atoms with E-state index in [1.807, 2.05) is 18.2 Å². The number of ether oxygens (including phenoxy) is 1. The predicted octanol–water partition coefficient (Wildman–Crippen LogP) is 4.38. The summed E-state index contributed by atoms with van der Waals surface area (Å²) < 4.78 is 5.82. The van der Waals surface area contributed by atoms with Gasteiger partial charge in [-0.3, -0.25) is 4.98 Å². The number of aromatic nitrogens is 2. The number of hydrogen-bond acceptors (Lipinski definition) is 6. The molecule has 0 bridgehead atoms. The van der Waals surface area contributed by atoms with Crippen LogP contribution >= 0.6 is 0 Å². The van der Waals surface area contributed by atoms with Gasteiger partial charge in [-0.25, -0.2) is 9.78 Å². The number of carbonyl (C=O) groups is 1. The third kappa shape index (κ3) is 4.32. The van der Waals surface area contributed by atoms with Crippen LogP contribution in [0.2, 0.25) is 0 Å². The number of hydrogen-bond donors (Lipinski definition) is 3. The van der Waals surface area contributed by atoms with Crippen molar-refractivity contribution in [2.75, 3.05) is 0 Å². The quantitative estimate of drug-likeness (QED) is 0.378. The van der Waals surface area contributed by atoms with E-state index in [-0.39, 0.29) is 12.2 Å². The molecule has 4 rings (SSSR count). The fourth-order valence-electron chi connectivity index (χ4n) is 3.37. The lowest BCUT2D eigenvalue weighted by molar-refractivity contribution is 0.0698. The first kappa shape index (κ1) is 20.7. The average Bonchev–Trinajstić information content (AvgIpc) is 2.83. The van der Waals surface area contributed by atoms with Gasteiger partial charge in [-0.2, -0.15) is 0 Å². The highest BCUT2D eigenvalue weighted by molar-refractivity contribution is 6.17. The lowest BCUT2D eigenvalue weighted by atomic mass is 10.0. The minimum absolute atomic E-state index is 0.124. The van der Waals surface area contributed by atoms with Gasteiger partial charge in [0.1, 0.15) is 12.4 Å². The molecular formula is C25H20N4O3. The van der Waals surface area contributed by atoms with Gasteiger partial charge in [0.25, 0.3) is 0 Å². The molecule has 7 heteroatoms. The number of pyridine rings is 2. The molecule has 0 radical (unpaired) electrons. The fraction of sp³-hybridized carbons (Fsp3) is 0.0400. The van der Waals surface area contributed by atoms with Crippen LogP contribution in [0.1, 0.15) is 27.2 Å². The molecule has 0 fully saturated rings. The van der Waals surface area contributed by atoms with Crippen LogP contribution in [0.3, 0.4) is 0 Å². The van der Waals surface area contributed by atoms with Crippen molar-refractivity contribution in [3.63, 3.8) is 0 Å². The third-order valence-electron chi connectivity index (χ3n) is 4.98. The second-order valence-corrected chi connectivity index (χ2v) is 7.00. The molecule has 2 heterocycles. The summed E-state index contributed by atoms with van der Waals surface area (Å²) in [5.74, 6) is -0.415. The van der Waals surface area contributed by atoms with Crippen LogP contribution in [0, 0.1) is 5.41 Å². The number of nitrogens with two attached hydrogens (primary N) is 1. The summed E-state index contributed by atoms with van der Waals surface area (Å²) >= 11 is 0. The minimum Gasteiger partial charge on any atom is -0.487 e. The highest BCUT2D eigenvalue weighted by Gasteiger charge is 2.12. The van der Waals surface area contributed by atoms with Gasteiger partial charge in [0.05, 0.1) is 16.8 Å². The van der Waals surface area contributed by atoms with Crippen molar-refractivity contribution in [1.82, 2.24) is 9.97 Å². The number of carboxylic acid groups (broad SMARTS) is 1. The van der Waals surface area contributed by atoms with Gasteiger partial charge in [-0.15, -0.1) is 0 Å². The number of fused-ring (bicyclic) bond motifs is 1. The van der Waals surface area contributed by atoms with E-state index in [1.165, 1.54) is 12.3 Å². The van der Waals surface area contributed by atoms with Crippen LogP contribution in [-0.4, -0.2) is 27.3 Å². The van der Waals surface area contributed by atoms with Crippen molar-refractivity contribution >= 4 is 34.4 Å². The fourth-order valence-corrected chi connectivity index (χ4v) is 3.37. The number of benzene rings is 2. The SMILES string of the molecule is N=C/C(=C(\N)c1ccc(OCc2cc(C(=O)O)c3ccccc3n2)cc1)c1ccncc1. The molecular weight excluding hydrogens is 404 g/mol. The first-order valence-electron chi connectivity index (χ1n) is 9.82. The maximum atomic E-state index is 11.6. The van der Waals surface area contributed by atoms with Crippen molar-refractivity contribution in [2.45, 2.75) is 6.61 Å². The van der Waals surface area contributed by atoms with E-state index in [2.05, 4.69) is 9.97 Å². The monoisotopic (exact) mass is 424 g/mol. The molecule has 0 saturated heterocycles. The van der Waals surface area contributed by atoms with Gasteiger partial charge < -0.3 is 21.0 Å². The number of aromatic carboxylic acids is 1. The van der Waals surface area contributed by atoms with Gasteiger partial charge in [-0.05, 0) is 59.7 Å². The van der Waals surface area contributed by atoms with E-state index >= 15 is 0 Å². The maximum Gasteiger partial charge on any atom is 0.336 e. The van der Waals surface area contributed by atoms with Crippen molar-refractivity contribution in [3.8, 4) is 5.75 Å². The summed E-state index contributed by atoms with van der Waals surface area (Å²) in [7, 11) is 0. The minimum atomic E-state index is -1.01. The average molecular weight is 424 g/mol. The van der Waals surface area contributed by atoms with Crippen molar-refractivity contribution in [2.24, 2.45) is 5.73 Å². The number of carboxylic acids is 1. The molecule has 32 heavy (non-hydrogen) atoms. The lowest BCUT2D eigenvalue weighted by Crippen LogP contribution is -2.05. The van der Waals surface area contributed by atoms with E-state index < -0.39 is 5.97 Å². The molecule has 7 nitrogen and oxygen atoms in total. The molecule has 0 aliphatic rings. The van der Waals surface area contributed by atoms with Crippen LogP contribution in [0.4, 0.5) is 0 Å². The predicted molar refractivity (Wildman–Crippen MR) is 123 cm³/mol. The number of para-hydroxylation sites is 1. The normalized spacial score (nSPS) is 11.6. The van der Waals surface area contributed by atoms with Crippen molar-refractivity contribution in [1.29, 1.82) is 5.41 Å². The van der Waals surface area contributed by atoms with Crippen LogP contribution in [0.15, 0.2) is 79.1 Å². The molecule has 158 valence electrons. The van der Waals surface area contributed by atoms with E-state index in [4.69, 9.17) is 15.9 Å². The lowest BCUT2D eigenvalue weighted by Gasteiger charge is -2.11. The Kier molecular flexibility index (Phi) is 5.89. The van der Waals surface area contributed by atoms with E-state index in [0.29, 0.717) is 33.6 Å². The standard InChI is InChI=1S/C25H20N4O3/c26-14-22(16-9-11-28-12-10-16)24(27)17-5-7-19(8-6-17)32-15-18-13-21(25(30)31)20-3-1-2-4-23(20)29-18/h1-14,26H,15,27H2,(H,30,31)/b24-22+,26-14?. The summed E-state index contributed by atoms with van der Waals surface area (Å²) in [6.07, 6.45) is 4.53. The zero-order chi connectivity index (χ0) is 22.5. The third-order valence-corrected chi connectivity index (χ3v) is 4.98. The van der Waals surface area contributed by atoms with Gasteiger partial charge >= 0.3 is 5.97 Å². The Morgan fingerprint density at radius 3 is 2.44 bits per heavy atom. The van der Waals surface area contributed by atoms with Crippen LogP contribution < -0.4 is 10.5 Å². The summed E-state index contributed by atoms with van der Waals surface area (Å²) in [6, 6.07) is 19.4. The van der Waals surface area contributed by atoms with Crippen LogP contribution in [-0.2, 0) is 6.61 Å². The van der Waals surface area contributed by atoms with E-state index in [0.717, 1.165) is 11.1 Å². The molecule has 0 unspecified atom stereocenters. The number of allylic oxidation sites excluding steroid dienone is 1. The highest BCUT2D eigenvalue weighted by atomic mass is 16.5. The maximum absolute atomic E-state index is 11.6. The van der Waals surface area contributed by atoms with E-state index in [1.54, 1.807) is 54.9 Å². The summed E-state index contributed by atoms with van der Waals surface area (Å²) in [4.78, 5) is 20.1. The van der Waals surface area contributed by atoms with Gasteiger partial charge in [0.15, 0.2) is 0 Å². The summed E-state index contributed by atoms with van der Waals surface area (Å²) in [6.45, 7) is 0.124. The number of rotatable bonds is 7. The van der Waals surface area contributed by atoms with Crippen molar-refractivity contribution < 1.29 is 14.6 Å². The Morgan fingerprint density at radius 1 is 1.03 bits per heavy atom. The molecule has 0 atom stereocenters. The second-order valence-electron chi connectivity index (χ2n) is 7.00. The summed E-state index contributed by atoms with van der Waals surface area (Å²) in [5, 5.41) is 17.8. The molecule has 4 aromatic rings. The molecule has 0 aliphatic heterocycles. The Balaban J connectivity index is 1.54. The topological polar surface area (TPSA) is 122 Å². The Morgan fingerprint density at radius 2 is 1.75 bits per heavy atom. The molecule has 0 saturated carbocycles. The molecule has 0 amide bonds. The van der Waals surface area contributed by atoms with Gasteiger partial charge in [-0.1, -0.05) is 18.2 Å². The Labute approximate surface area is 184 Å². The second kappa shape index (κ2) is 9.09. The van der Waals surface area contributed by atoms with Gasteiger partial charge in [0, 0.05) is 35.3 Å². The molecule has 0 spiro atoms. The number of nitrogens with one attached hydrogen (secondary N) is 1. The molecule has 2 aromatic heterocycles. The smallest absolute Gasteiger partial charge is 0.336 e. The van der Waals surface area contributed by atoms with E-state index in [9.17, 15) is 9.90 Å². The first-order valence-corrected chi connectivity index (χ1v) is 9.82. The van der Waals surface area contributed by atoms with Crippen LogP contribution in [0.5, 0.6) is 5.75 Å². The largest absolute Gasteiger partial charge is 0.487 e. The molecule has 2 aromatic carbocycles. The Bertz CT molecular complexity index is 1320. The van der Waals surface area contributed by atoms with Crippen LogP contribution in [0.25, 0.3) is 22.2 Å².